The standard InChI is InChI=1S/C19H34N6O2/c1-5-20-19(22-12-14-25(3)13-7-15-27-4)21-11-10-18(26)24-17-9-6-8-16(2)23-17/h6,8-9H,5,7,10-15H2,1-4H3,(H2,20,21,22)(H,23,24,26). The fourth-order valence-corrected chi connectivity index (χ4v) is 2.38. The van der Waals surface area contributed by atoms with Crippen LogP contribution < -0.4 is 16.0 Å². The number of hydrogen-bond donors (Lipinski definition) is 3. The van der Waals surface area contributed by atoms with Gasteiger partial charge in [-0.1, -0.05) is 6.07 Å². The topological polar surface area (TPSA) is 90.9 Å². The van der Waals surface area contributed by atoms with Gasteiger partial charge in [-0.05, 0) is 39.4 Å². The van der Waals surface area contributed by atoms with Crippen LogP contribution in [0, 0.1) is 6.92 Å². The molecule has 1 aromatic heterocycles. The molecule has 0 saturated carbocycles. The van der Waals surface area contributed by atoms with Crippen LogP contribution in [0.2, 0.25) is 0 Å². The number of rotatable bonds is 12. The maximum atomic E-state index is 12.0. The molecule has 0 bridgehead atoms. The number of methoxy groups -OCH3 is 1. The molecule has 1 heterocycles. The number of carbonyl (C=O) groups excluding carboxylic acids is 1. The Bertz CT molecular complexity index is 579. The van der Waals surface area contributed by atoms with E-state index in [-0.39, 0.29) is 5.91 Å². The second-order valence-corrected chi connectivity index (χ2v) is 6.30. The quantitative estimate of drug-likeness (QED) is 0.288. The van der Waals surface area contributed by atoms with E-state index in [2.05, 4.69) is 37.9 Å². The largest absolute Gasteiger partial charge is 0.385 e. The number of guanidine groups is 1. The number of aliphatic imine (C=N–C) groups is 1. The van der Waals surface area contributed by atoms with Gasteiger partial charge in [-0.2, -0.15) is 0 Å². The van der Waals surface area contributed by atoms with Gasteiger partial charge in [0.25, 0.3) is 0 Å². The molecule has 0 aromatic carbocycles. The molecule has 27 heavy (non-hydrogen) atoms. The highest BCUT2D eigenvalue weighted by molar-refractivity contribution is 5.90. The zero-order chi connectivity index (χ0) is 19.9. The van der Waals surface area contributed by atoms with Gasteiger partial charge in [0.15, 0.2) is 5.96 Å². The highest BCUT2D eigenvalue weighted by Gasteiger charge is 2.05. The van der Waals surface area contributed by atoms with E-state index >= 15 is 0 Å². The van der Waals surface area contributed by atoms with E-state index in [1.165, 1.54) is 0 Å². The van der Waals surface area contributed by atoms with Crippen LogP contribution >= 0.6 is 0 Å². The number of pyridine rings is 1. The minimum Gasteiger partial charge on any atom is -0.385 e. The van der Waals surface area contributed by atoms with Crippen LogP contribution in [-0.2, 0) is 9.53 Å². The van der Waals surface area contributed by atoms with Crippen LogP contribution in [-0.4, -0.2) is 75.2 Å². The van der Waals surface area contributed by atoms with E-state index in [1.54, 1.807) is 13.2 Å². The number of nitrogens with zero attached hydrogens (tertiary/aromatic N) is 3. The summed E-state index contributed by atoms with van der Waals surface area (Å²) in [7, 11) is 3.80. The molecular formula is C19H34N6O2. The third-order valence-electron chi connectivity index (χ3n) is 3.78. The normalized spacial score (nSPS) is 11.5. The minimum atomic E-state index is -0.0747. The second kappa shape index (κ2) is 13.9. The lowest BCUT2D eigenvalue weighted by atomic mass is 10.3. The van der Waals surface area contributed by atoms with Crippen LogP contribution in [0.25, 0.3) is 0 Å². The van der Waals surface area contributed by atoms with Crippen LogP contribution in [0.3, 0.4) is 0 Å². The summed E-state index contributed by atoms with van der Waals surface area (Å²) in [6.45, 7) is 8.52. The number of aryl methyl sites for hydroxylation is 1. The molecule has 8 nitrogen and oxygen atoms in total. The smallest absolute Gasteiger partial charge is 0.227 e. The molecule has 0 atom stereocenters. The van der Waals surface area contributed by atoms with Crippen LogP contribution in [0.1, 0.15) is 25.5 Å². The number of anilines is 1. The summed E-state index contributed by atoms with van der Waals surface area (Å²) in [4.78, 5) is 23.1. The molecule has 1 aromatic rings. The summed E-state index contributed by atoms with van der Waals surface area (Å²) in [6.07, 6.45) is 1.36. The molecule has 0 fully saturated rings. The predicted molar refractivity (Wildman–Crippen MR) is 110 cm³/mol. The van der Waals surface area contributed by atoms with Gasteiger partial charge in [-0.25, -0.2) is 4.98 Å². The van der Waals surface area contributed by atoms with Crippen molar-refractivity contribution in [2.24, 2.45) is 4.99 Å². The number of likely N-dealkylation sites (N-methyl/N-ethyl adjacent to an activating group) is 1. The molecule has 1 amide bonds. The average Bonchev–Trinajstić information content (AvgIpc) is 2.62. The Morgan fingerprint density at radius 2 is 2.11 bits per heavy atom. The summed E-state index contributed by atoms with van der Waals surface area (Å²) in [5.41, 5.74) is 0.875. The fraction of sp³-hybridized carbons (Fsp3) is 0.632. The fourth-order valence-electron chi connectivity index (χ4n) is 2.38. The van der Waals surface area contributed by atoms with Gasteiger partial charge in [0.2, 0.25) is 5.91 Å². The lowest BCUT2D eigenvalue weighted by molar-refractivity contribution is -0.116. The summed E-state index contributed by atoms with van der Waals surface area (Å²) in [5.74, 6) is 1.23. The Hall–Kier alpha value is -2.19. The van der Waals surface area contributed by atoms with Gasteiger partial charge >= 0.3 is 0 Å². The Labute approximate surface area is 162 Å². The number of aromatic nitrogens is 1. The Balaban J connectivity index is 2.31. The molecule has 152 valence electrons. The lowest BCUT2D eigenvalue weighted by Crippen LogP contribution is -2.39. The monoisotopic (exact) mass is 378 g/mol. The number of nitrogens with one attached hydrogen (secondary N) is 3. The van der Waals surface area contributed by atoms with Gasteiger partial charge in [-0.3, -0.25) is 9.79 Å². The van der Waals surface area contributed by atoms with Crippen molar-refractivity contribution in [3.8, 4) is 0 Å². The van der Waals surface area contributed by atoms with E-state index < -0.39 is 0 Å². The number of amides is 1. The van der Waals surface area contributed by atoms with Crippen LogP contribution in [0.4, 0.5) is 5.82 Å². The number of hydrogen-bond acceptors (Lipinski definition) is 5. The van der Waals surface area contributed by atoms with Crippen molar-refractivity contribution in [2.45, 2.75) is 26.7 Å². The van der Waals surface area contributed by atoms with Gasteiger partial charge in [0.05, 0.1) is 6.54 Å². The van der Waals surface area contributed by atoms with E-state index in [0.29, 0.717) is 25.3 Å². The maximum Gasteiger partial charge on any atom is 0.227 e. The van der Waals surface area contributed by atoms with E-state index in [4.69, 9.17) is 4.74 Å². The van der Waals surface area contributed by atoms with Crippen molar-refractivity contribution >= 4 is 17.7 Å². The minimum absolute atomic E-state index is 0.0747. The maximum absolute atomic E-state index is 12.0. The molecule has 1 rings (SSSR count). The third-order valence-corrected chi connectivity index (χ3v) is 3.78. The molecule has 0 unspecified atom stereocenters. The summed E-state index contributed by atoms with van der Waals surface area (Å²) in [6, 6.07) is 5.55. The summed E-state index contributed by atoms with van der Waals surface area (Å²) in [5, 5.41) is 9.19. The Kier molecular flexibility index (Phi) is 11.8. The van der Waals surface area contributed by atoms with Gasteiger partial charge in [0, 0.05) is 52.0 Å². The van der Waals surface area contributed by atoms with Gasteiger partial charge in [-0.15, -0.1) is 0 Å². The first-order valence-electron chi connectivity index (χ1n) is 9.48. The van der Waals surface area contributed by atoms with Crippen LogP contribution in [0.15, 0.2) is 23.2 Å². The molecule has 8 heteroatoms. The molecule has 0 saturated heterocycles. The van der Waals surface area contributed by atoms with Crippen molar-refractivity contribution in [3.63, 3.8) is 0 Å². The molecule has 0 aliphatic heterocycles. The van der Waals surface area contributed by atoms with Gasteiger partial charge < -0.3 is 25.6 Å². The van der Waals surface area contributed by atoms with Crippen molar-refractivity contribution < 1.29 is 9.53 Å². The molecule has 0 aliphatic rings. The van der Waals surface area contributed by atoms with Crippen molar-refractivity contribution in [2.75, 3.05) is 58.8 Å². The molecular weight excluding hydrogens is 344 g/mol. The van der Waals surface area contributed by atoms with E-state index in [1.807, 2.05) is 26.0 Å². The van der Waals surface area contributed by atoms with E-state index in [0.717, 1.165) is 44.3 Å². The highest BCUT2D eigenvalue weighted by Crippen LogP contribution is 2.03. The zero-order valence-corrected chi connectivity index (χ0v) is 17.0. The SMILES string of the molecule is CCNC(=NCCN(C)CCCOC)NCCC(=O)Nc1cccc(C)n1. The average molecular weight is 379 g/mol. The summed E-state index contributed by atoms with van der Waals surface area (Å²) >= 11 is 0. The first-order valence-corrected chi connectivity index (χ1v) is 9.48. The Morgan fingerprint density at radius 1 is 1.30 bits per heavy atom. The number of carbonyl (C=O) groups is 1. The zero-order valence-electron chi connectivity index (χ0n) is 17.0. The Morgan fingerprint density at radius 3 is 2.81 bits per heavy atom. The van der Waals surface area contributed by atoms with Gasteiger partial charge in [0.1, 0.15) is 5.82 Å². The summed E-state index contributed by atoms with van der Waals surface area (Å²) < 4.78 is 5.06. The molecule has 0 aliphatic carbocycles. The lowest BCUT2D eigenvalue weighted by Gasteiger charge is -2.16. The van der Waals surface area contributed by atoms with Crippen LogP contribution in [0.5, 0.6) is 0 Å². The molecule has 0 radical (unpaired) electrons. The van der Waals surface area contributed by atoms with Crippen molar-refractivity contribution in [1.29, 1.82) is 0 Å². The predicted octanol–water partition coefficient (Wildman–Crippen LogP) is 1.24. The molecule has 3 N–H and O–H groups in total. The number of ether oxygens (including phenoxy) is 1. The van der Waals surface area contributed by atoms with Crippen molar-refractivity contribution in [1.82, 2.24) is 20.5 Å². The first kappa shape index (κ1) is 22.9. The molecule has 0 spiro atoms. The van der Waals surface area contributed by atoms with Crippen molar-refractivity contribution in [3.05, 3.63) is 23.9 Å². The second-order valence-electron chi connectivity index (χ2n) is 6.30. The third kappa shape index (κ3) is 11.2. The van der Waals surface area contributed by atoms with E-state index in [9.17, 15) is 4.79 Å². The highest BCUT2D eigenvalue weighted by atomic mass is 16.5. The first-order chi connectivity index (χ1) is 13.0.